The van der Waals surface area contributed by atoms with Crippen LogP contribution in [-0.2, 0) is 5.41 Å². The van der Waals surface area contributed by atoms with E-state index in [2.05, 4.69) is 20.8 Å². The van der Waals surface area contributed by atoms with Gasteiger partial charge in [0.2, 0.25) is 5.78 Å². The molecule has 0 aliphatic rings. The van der Waals surface area contributed by atoms with E-state index in [1.165, 1.54) is 5.56 Å². The van der Waals surface area contributed by atoms with Crippen molar-refractivity contribution >= 4 is 11.5 Å². The van der Waals surface area contributed by atoms with Crippen LogP contribution in [0.15, 0.2) is 48.5 Å². The normalized spacial score (nSPS) is 12.7. The number of hydrogen-bond acceptors (Lipinski definition) is 3. The first kappa shape index (κ1) is 17.1. The van der Waals surface area contributed by atoms with Gasteiger partial charge in [0.1, 0.15) is 5.75 Å². The number of anilines is 1. The molecule has 0 aliphatic carbocycles. The van der Waals surface area contributed by atoms with E-state index in [-0.39, 0.29) is 11.2 Å². The lowest BCUT2D eigenvalue weighted by atomic mass is 9.82. The fourth-order valence-corrected chi connectivity index (χ4v) is 2.36. The molecule has 0 heterocycles. The summed E-state index contributed by atoms with van der Waals surface area (Å²) in [4.78, 5) is 12.5. The van der Waals surface area contributed by atoms with Crippen LogP contribution in [0.5, 0.6) is 5.75 Å². The molecular formula is C20H25NO2. The highest BCUT2D eigenvalue weighted by atomic mass is 16.5. The second-order valence-electron chi connectivity index (χ2n) is 6.48. The van der Waals surface area contributed by atoms with Crippen LogP contribution >= 0.6 is 0 Å². The highest BCUT2D eigenvalue weighted by Gasteiger charge is 2.21. The molecule has 0 aliphatic heterocycles. The van der Waals surface area contributed by atoms with Gasteiger partial charge in [0.25, 0.3) is 0 Å². The van der Waals surface area contributed by atoms with Gasteiger partial charge >= 0.3 is 0 Å². The minimum atomic E-state index is -0.579. The largest absolute Gasteiger partial charge is 0.480 e. The number of benzene rings is 2. The van der Waals surface area contributed by atoms with Gasteiger partial charge < -0.3 is 10.5 Å². The quantitative estimate of drug-likeness (QED) is 0.626. The third-order valence-corrected chi connectivity index (χ3v) is 4.43. The molecular weight excluding hydrogens is 286 g/mol. The number of ketones is 1. The van der Waals surface area contributed by atoms with E-state index in [1.807, 2.05) is 36.4 Å². The zero-order chi connectivity index (χ0) is 17.0. The average molecular weight is 311 g/mol. The second kappa shape index (κ2) is 6.86. The summed E-state index contributed by atoms with van der Waals surface area (Å²) in [5.74, 6) is 0.492. The maximum Gasteiger partial charge on any atom is 0.202 e. The molecule has 0 radical (unpaired) electrons. The summed E-state index contributed by atoms with van der Waals surface area (Å²) in [5.41, 5.74) is 8.39. The van der Waals surface area contributed by atoms with Crippen molar-refractivity contribution in [2.24, 2.45) is 0 Å². The third-order valence-electron chi connectivity index (χ3n) is 4.43. The van der Waals surface area contributed by atoms with Crippen LogP contribution < -0.4 is 10.5 Å². The Morgan fingerprint density at radius 2 is 1.74 bits per heavy atom. The van der Waals surface area contributed by atoms with Gasteiger partial charge in [0, 0.05) is 5.56 Å². The molecule has 1 unspecified atom stereocenters. The molecule has 0 aromatic heterocycles. The van der Waals surface area contributed by atoms with Gasteiger partial charge in [0.05, 0.1) is 5.69 Å². The lowest BCUT2D eigenvalue weighted by Crippen LogP contribution is -2.24. The molecule has 2 N–H and O–H groups in total. The SMILES string of the molecule is CCC(C)(C)c1ccc(C(=O)C(C)Oc2ccccc2N)cc1. The molecule has 0 spiro atoms. The number of Topliss-reactive ketones (excluding diaryl/α,β-unsaturated/α-hetero) is 1. The summed E-state index contributed by atoms with van der Waals surface area (Å²) in [5, 5.41) is 0. The minimum absolute atomic E-state index is 0.0471. The molecule has 0 saturated heterocycles. The lowest BCUT2D eigenvalue weighted by molar-refractivity contribution is 0.0819. The van der Waals surface area contributed by atoms with E-state index in [0.29, 0.717) is 17.0 Å². The van der Waals surface area contributed by atoms with Crippen LogP contribution in [0, 0.1) is 0 Å². The first-order valence-electron chi connectivity index (χ1n) is 8.01. The zero-order valence-electron chi connectivity index (χ0n) is 14.3. The first-order valence-corrected chi connectivity index (χ1v) is 8.01. The van der Waals surface area contributed by atoms with Crippen molar-refractivity contribution in [2.45, 2.75) is 45.6 Å². The van der Waals surface area contributed by atoms with Crippen LogP contribution in [0.1, 0.15) is 50.0 Å². The van der Waals surface area contributed by atoms with E-state index >= 15 is 0 Å². The second-order valence-corrected chi connectivity index (χ2v) is 6.48. The number of rotatable bonds is 6. The molecule has 0 fully saturated rings. The Hall–Kier alpha value is -2.29. The Morgan fingerprint density at radius 3 is 2.30 bits per heavy atom. The molecule has 122 valence electrons. The predicted molar refractivity (Wildman–Crippen MR) is 95.0 cm³/mol. The number of carbonyl (C=O) groups excluding carboxylic acids is 1. The molecule has 0 bridgehead atoms. The molecule has 1 atom stereocenters. The monoisotopic (exact) mass is 311 g/mol. The van der Waals surface area contributed by atoms with E-state index in [0.717, 1.165) is 6.42 Å². The average Bonchev–Trinajstić information content (AvgIpc) is 2.56. The highest BCUT2D eigenvalue weighted by Crippen LogP contribution is 2.27. The van der Waals surface area contributed by atoms with Gasteiger partial charge in [0.15, 0.2) is 6.10 Å². The summed E-state index contributed by atoms with van der Waals surface area (Å²) in [6.07, 6.45) is 0.470. The Labute approximate surface area is 138 Å². The summed E-state index contributed by atoms with van der Waals surface area (Å²) < 4.78 is 5.71. The van der Waals surface area contributed by atoms with Crippen LogP contribution in [0.25, 0.3) is 0 Å². The van der Waals surface area contributed by atoms with Gasteiger partial charge in [-0.3, -0.25) is 4.79 Å². The van der Waals surface area contributed by atoms with Crippen molar-refractivity contribution in [1.82, 2.24) is 0 Å². The molecule has 2 aromatic carbocycles. The van der Waals surface area contributed by atoms with Crippen LogP contribution in [0.3, 0.4) is 0 Å². The van der Waals surface area contributed by atoms with Gasteiger partial charge in [-0.2, -0.15) is 0 Å². The topological polar surface area (TPSA) is 52.3 Å². The van der Waals surface area contributed by atoms with E-state index in [4.69, 9.17) is 10.5 Å². The molecule has 3 nitrogen and oxygen atoms in total. The summed E-state index contributed by atoms with van der Waals surface area (Å²) >= 11 is 0. The maximum atomic E-state index is 12.5. The van der Waals surface area contributed by atoms with Crippen molar-refractivity contribution in [1.29, 1.82) is 0 Å². The molecule has 0 saturated carbocycles. The van der Waals surface area contributed by atoms with Gasteiger partial charge in [-0.15, -0.1) is 0 Å². The predicted octanol–water partition coefficient (Wildman–Crippen LogP) is 4.61. The molecule has 0 amide bonds. The van der Waals surface area contributed by atoms with Crippen molar-refractivity contribution in [2.75, 3.05) is 5.73 Å². The summed E-state index contributed by atoms with van der Waals surface area (Å²) in [7, 11) is 0. The number of hydrogen-bond donors (Lipinski definition) is 1. The van der Waals surface area contributed by atoms with Crippen LogP contribution in [0.2, 0.25) is 0 Å². The number of ether oxygens (including phenoxy) is 1. The Kier molecular flexibility index (Phi) is 5.09. The summed E-state index contributed by atoms with van der Waals surface area (Å²) in [6.45, 7) is 8.32. The van der Waals surface area contributed by atoms with E-state index in [9.17, 15) is 4.79 Å². The van der Waals surface area contributed by atoms with E-state index in [1.54, 1.807) is 19.1 Å². The van der Waals surface area contributed by atoms with Crippen molar-refractivity contribution < 1.29 is 9.53 Å². The fourth-order valence-electron chi connectivity index (χ4n) is 2.36. The zero-order valence-corrected chi connectivity index (χ0v) is 14.3. The fraction of sp³-hybridized carbons (Fsp3) is 0.350. The Balaban J connectivity index is 2.12. The van der Waals surface area contributed by atoms with E-state index < -0.39 is 6.10 Å². The highest BCUT2D eigenvalue weighted by molar-refractivity contribution is 5.99. The molecule has 2 rings (SSSR count). The standard InChI is InChI=1S/C20H25NO2/c1-5-20(3,4)16-12-10-15(11-13-16)19(22)14(2)23-18-9-7-6-8-17(18)21/h6-14H,5,21H2,1-4H3. The molecule has 2 aromatic rings. The minimum Gasteiger partial charge on any atom is -0.480 e. The maximum absolute atomic E-state index is 12.5. The number of nitrogen functional groups attached to an aromatic ring is 1. The lowest BCUT2D eigenvalue weighted by Gasteiger charge is -2.23. The van der Waals surface area contributed by atoms with Crippen molar-refractivity contribution in [3.8, 4) is 5.75 Å². The van der Waals surface area contributed by atoms with Gasteiger partial charge in [-0.25, -0.2) is 0 Å². The van der Waals surface area contributed by atoms with Crippen molar-refractivity contribution in [3.63, 3.8) is 0 Å². The van der Waals surface area contributed by atoms with Crippen LogP contribution in [-0.4, -0.2) is 11.9 Å². The number of nitrogens with two attached hydrogens (primary N) is 1. The van der Waals surface area contributed by atoms with Gasteiger partial charge in [-0.05, 0) is 36.5 Å². The third kappa shape index (κ3) is 3.92. The van der Waals surface area contributed by atoms with Crippen molar-refractivity contribution in [3.05, 3.63) is 59.7 Å². The van der Waals surface area contributed by atoms with Gasteiger partial charge in [-0.1, -0.05) is 57.2 Å². The summed E-state index contributed by atoms with van der Waals surface area (Å²) in [6, 6.07) is 15.0. The number of carbonyl (C=O) groups is 1. The smallest absolute Gasteiger partial charge is 0.202 e. The Morgan fingerprint density at radius 1 is 1.13 bits per heavy atom. The Bertz CT molecular complexity index is 674. The number of para-hydroxylation sites is 2. The molecule has 3 heteroatoms. The van der Waals surface area contributed by atoms with Crippen LogP contribution in [0.4, 0.5) is 5.69 Å². The molecule has 23 heavy (non-hydrogen) atoms. The first-order chi connectivity index (χ1) is 10.8.